The van der Waals surface area contributed by atoms with Crippen molar-refractivity contribution in [1.82, 2.24) is 30.7 Å². The van der Waals surface area contributed by atoms with Crippen LogP contribution in [0, 0.1) is 5.92 Å². The van der Waals surface area contributed by atoms with Crippen molar-refractivity contribution in [3.63, 3.8) is 0 Å². The van der Waals surface area contributed by atoms with Crippen LogP contribution >= 0.6 is 24.0 Å². The lowest BCUT2D eigenvalue weighted by Gasteiger charge is -2.34. The fourth-order valence-electron chi connectivity index (χ4n) is 3.88. The SMILES string of the molecule is CN=C(NCCc1noc(-c2ccccn2)n1)NCC(C(C)C)N1CCCCCC1.I. The quantitative estimate of drug-likeness (QED) is 0.301. The number of aliphatic imine (C=N–C) groups is 1. The van der Waals surface area contributed by atoms with Gasteiger partial charge in [0.25, 0.3) is 5.89 Å². The van der Waals surface area contributed by atoms with Crippen LogP contribution in [0.2, 0.25) is 0 Å². The zero-order valence-electron chi connectivity index (χ0n) is 18.9. The molecule has 0 radical (unpaired) electrons. The fraction of sp³-hybridized carbons (Fsp3) is 0.636. The number of aromatic nitrogens is 3. The molecule has 3 rings (SSSR count). The third kappa shape index (κ3) is 8.03. The van der Waals surface area contributed by atoms with Crippen molar-refractivity contribution in [3.05, 3.63) is 30.2 Å². The third-order valence-corrected chi connectivity index (χ3v) is 5.57. The van der Waals surface area contributed by atoms with Crippen LogP contribution in [0.4, 0.5) is 0 Å². The minimum Gasteiger partial charge on any atom is -0.356 e. The molecule has 31 heavy (non-hydrogen) atoms. The second kappa shape index (κ2) is 13.6. The van der Waals surface area contributed by atoms with Gasteiger partial charge in [0, 0.05) is 38.8 Å². The molecule has 0 amide bonds. The number of rotatable bonds is 8. The van der Waals surface area contributed by atoms with Gasteiger partial charge in [-0.25, -0.2) is 0 Å². The van der Waals surface area contributed by atoms with Gasteiger partial charge in [-0.2, -0.15) is 4.98 Å². The van der Waals surface area contributed by atoms with Crippen LogP contribution in [-0.2, 0) is 6.42 Å². The normalized spacial score (nSPS) is 16.5. The predicted octanol–water partition coefficient (Wildman–Crippen LogP) is 3.36. The minimum atomic E-state index is 0. The predicted molar refractivity (Wildman–Crippen MR) is 135 cm³/mol. The summed E-state index contributed by atoms with van der Waals surface area (Å²) in [6.45, 7) is 8.59. The molecule has 1 saturated heterocycles. The molecule has 1 fully saturated rings. The summed E-state index contributed by atoms with van der Waals surface area (Å²) in [5, 5.41) is 10.9. The standard InChI is InChI=1S/C22H35N7O.HI/c1-17(2)19(29-14-8-4-5-9-15-29)16-26-22(23-3)25-13-11-20-27-21(30-28-20)18-10-6-7-12-24-18;/h6-7,10,12,17,19H,4-5,8-9,11,13-16H2,1-3H3,(H2,23,25,26);1H. The molecule has 0 bridgehead atoms. The molecular formula is C22H36IN7O. The van der Waals surface area contributed by atoms with Crippen molar-refractivity contribution >= 4 is 29.9 Å². The van der Waals surface area contributed by atoms with Gasteiger partial charge in [0.15, 0.2) is 11.8 Å². The fourth-order valence-corrected chi connectivity index (χ4v) is 3.88. The van der Waals surface area contributed by atoms with Gasteiger partial charge >= 0.3 is 0 Å². The minimum absolute atomic E-state index is 0. The van der Waals surface area contributed by atoms with Crippen LogP contribution in [-0.4, -0.2) is 65.3 Å². The van der Waals surface area contributed by atoms with E-state index in [0.29, 0.717) is 42.3 Å². The molecule has 0 aromatic carbocycles. The maximum atomic E-state index is 5.31. The van der Waals surface area contributed by atoms with Gasteiger partial charge in [-0.1, -0.05) is 37.9 Å². The van der Waals surface area contributed by atoms with Crippen molar-refractivity contribution in [2.24, 2.45) is 10.9 Å². The number of likely N-dealkylation sites (tertiary alicyclic amines) is 1. The van der Waals surface area contributed by atoms with Gasteiger partial charge in [0.05, 0.1) is 0 Å². The monoisotopic (exact) mass is 541 g/mol. The molecule has 2 N–H and O–H groups in total. The van der Waals surface area contributed by atoms with Crippen LogP contribution in [0.5, 0.6) is 0 Å². The molecule has 9 heteroatoms. The number of hydrogen-bond donors (Lipinski definition) is 2. The van der Waals surface area contributed by atoms with E-state index < -0.39 is 0 Å². The maximum absolute atomic E-state index is 5.31. The number of hydrogen-bond acceptors (Lipinski definition) is 6. The Kier molecular flexibility index (Phi) is 11.2. The van der Waals surface area contributed by atoms with Crippen molar-refractivity contribution in [2.45, 2.75) is 52.0 Å². The van der Waals surface area contributed by atoms with E-state index in [2.05, 4.69) is 49.5 Å². The molecule has 1 atom stereocenters. The van der Waals surface area contributed by atoms with Crippen LogP contribution in [0.1, 0.15) is 45.4 Å². The van der Waals surface area contributed by atoms with E-state index in [1.165, 1.54) is 38.8 Å². The zero-order valence-corrected chi connectivity index (χ0v) is 21.2. The topological polar surface area (TPSA) is 91.5 Å². The molecule has 172 valence electrons. The van der Waals surface area contributed by atoms with E-state index in [9.17, 15) is 0 Å². The highest BCUT2D eigenvalue weighted by Crippen LogP contribution is 2.17. The van der Waals surface area contributed by atoms with Crippen molar-refractivity contribution in [3.8, 4) is 11.6 Å². The first-order valence-corrected chi connectivity index (χ1v) is 11.1. The Morgan fingerprint density at radius 2 is 1.94 bits per heavy atom. The maximum Gasteiger partial charge on any atom is 0.276 e. The molecule has 0 saturated carbocycles. The highest BCUT2D eigenvalue weighted by Gasteiger charge is 2.22. The molecule has 1 aliphatic heterocycles. The Bertz CT molecular complexity index is 773. The van der Waals surface area contributed by atoms with Gasteiger partial charge in [0.1, 0.15) is 5.69 Å². The van der Waals surface area contributed by atoms with Gasteiger partial charge in [-0.15, -0.1) is 24.0 Å². The summed E-state index contributed by atoms with van der Waals surface area (Å²) in [7, 11) is 1.80. The average molecular weight is 541 g/mol. The summed E-state index contributed by atoms with van der Waals surface area (Å²) < 4.78 is 5.31. The van der Waals surface area contributed by atoms with E-state index in [1.54, 1.807) is 13.2 Å². The zero-order chi connectivity index (χ0) is 21.2. The molecule has 1 unspecified atom stereocenters. The summed E-state index contributed by atoms with van der Waals surface area (Å²) in [5.74, 6) is 2.51. The van der Waals surface area contributed by atoms with Gasteiger partial charge in [-0.05, 0) is 44.0 Å². The van der Waals surface area contributed by atoms with E-state index in [1.807, 2.05) is 18.2 Å². The molecule has 0 spiro atoms. The van der Waals surface area contributed by atoms with E-state index in [-0.39, 0.29) is 24.0 Å². The summed E-state index contributed by atoms with van der Waals surface area (Å²) in [6, 6.07) is 6.13. The van der Waals surface area contributed by atoms with E-state index in [4.69, 9.17) is 4.52 Å². The molecular weight excluding hydrogens is 505 g/mol. The Morgan fingerprint density at radius 1 is 1.16 bits per heavy atom. The Balaban J connectivity index is 0.00000341. The largest absolute Gasteiger partial charge is 0.356 e. The number of nitrogens with zero attached hydrogens (tertiary/aromatic N) is 5. The second-order valence-corrected chi connectivity index (χ2v) is 8.12. The lowest BCUT2D eigenvalue weighted by Crippen LogP contribution is -2.50. The van der Waals surface area contributed by atoms with E-state index in [0.717, 1.165) is 12.5 Å². The third-order valence-electron chi connectivity index (χ3n) is 5.57. The summed E-state index contributed by atoms with van der Waals surface area (Å²) >= 11 is 0. The van der Waals surface area contributed by atoms with Gasteiger partial charge in [0.2, 0.25) is 0 Å². The molecule has 1 aliphatic rings. The number of nitrogens with one attached hydrogen (secondary N) is 2. The first kappa shape index (κ1) is 25.5. The molecule has 2 aromatic rings. The summed E-state index contributed by atoms with van der Waals surface area (Å²) in [5.41, 5.74) is 0.690. The molecule has 3 heterocycles. The molecule has 2 aromatic heterocycles. The lowest BCUT2D eigenvalue weighted by molar-refractivity contribution is 0.161. The van der Waals surface area contributed by atoms with Crippen LogP contribution in [0.3, 0.4) is 0 Å². The van der Waals surface area contributed by atoms with Gasteiger partial charge in [-0.3, -0.25) is 14.9 Å². The van der Waals surface area contributed by atoms with Crippen molar-refractivity contribution in [2.75, 3.05) is 33.2 Å². The van der Waals surface area contributed by atoms with Crippen molar-refractivity contribution < 1.29 is 4.52 Å². The first-order chi connectivity index (χ1) is 14.7. The number of pyridine rings is 1. The van der Waals surface area contributed by atoms with Crippen LogP contribution in [0.25, 0.3) is 11.6 Å². The molecule has 8 nitrogen and oxygen atoms in total. The Morgan fingerprint density at radius 3 is 2.58 bits per heavy atom. The van der Waals surface area contributed by atoms with Crippen LogP contribution in [0.15, 0.2) is 33.9 Å². The number of halogens is 1. The first-order valence-electron chi connectivity index (χ1n) is 11.1. The molecule has 0 aliphatic carbocycles. The Labute approximate surface area is 202 Å². The average Bonchev–Trinajstić information content (AvgIpc) is 3.07. The van der Waals surface area contributed by atoms with E-state index >= 15 is 0 Å². The highest BCUT2D eigenvalue weighted by atomic mass is 127. The number of guanidine groups is 1. The second-order valence-electron chi connectivity index (χ2n) is 8.12. The smallest absolute Gasteiger partial charge is 0.276 e. The highest BCUT2D eigenvalue weighted by molar-refractivity contribution is 14.0. The lowest BCUT2D eigenvalue weighted by atomic mass is 10.0. The summed E-state index contributed by atoms with van der Waals surface area (Å²) in [4.78, 5) is 15.7. The Hall–Kier alpha value is -1.75. The van der Waals surface area contributed by atoms with Crippen LogP contribution < -0.4 is 10.6 Å². The summed E-state index contributed by atoms with van der Waals surface area (Å²) in [6.07, 6.45) is 7.69. The van der Waals surface area contributed by atoms with Crippen molar-refractivity contribution in [1.29, 1.82) is 0 Å². The van der Waals surface area contributed by atoms with Gasteiger partial charge < -0.3 is 15.2 Å².